The van der Waals surface area contributed by atoms with Crippen LogP contribution in [0.1, 0.15) is 67.2 Å². The highest BCUT2D eigenvalue weighted by molar-refractivity contribution is 5.68. The summed E-state index contributed by atoms with van der Waals surface area (Å²) in [6.07, 6.45) is 5.09. The van der Waals surface area contributed by atoms with Crippen LogP contribution in [0.25, 0.3) is 0 Å². The molecule has 1 rings (SSSR count). The number of alkyl carbamates (subject to hydrolysis) is 1. The maximum Gasteiger partial charge on any atom is 0.407 e. The molecular formula is C17H34N2O2. The first-order valence-corrected chi connectivity index (χ1v) is 8.40. The Kier molecular flexibility index (Phi) is 6.98. The van der Waals surface area contributed by atoms with Crippen LogP contribution in [0.3, 0.4) is 0 Å². The number of hydrogen-bond acceptors (Lipinski definition) is 3. The van der Waals surface area contributed by atoms with Crippen LogP contribution >= 0.6 is 0 Å². The summed E-state index contributed by atoms with van der Waals surface area (Å²) >= 11 is 0. The highest BCUT2D eigenvalue weighted by atomic mass is 16.6. The average molecular weight is 298 g/mol. The first-order chi connectivity index (χ1) is 9.67. The Bertz CT molecular complexity index is 319. The van der Waals surface area contributed by atoms with Gasteiger partial charge in [-0.3, -0.25) is 0 Å². The number of nitrogens with one attached hydrogen (secondary N) is 2. The Labute approximate surface area is 130 Å². The average Bonchev–Trinajstić information content (AvgIpc) is 2.26. The van der Waals surface area contributed by atoms with E-state index in [0.29, 0.717) is 12.0 Å². The molecule has 4 nitrogen and oxygen atoms in total. The summed E-state index contributed by atoms with van der Waals surface area (Å²) in [7, 11) is 0. The van der Waals surface area contributed by atoms with E-state index in [-0.39, 0.29) is 12.1 Å². The Morgan fingerprint density at radius 1 is 1.24 bits per heavy atom. The normalized spacial score (nSPS) is 19.0. The zero-order valence-corrected chi connectivity index (χ0v) is 14.7. The van der Waals surface area contributed by atoms with Gasteiger partial charge in [-0.05, 0) is 46.0 Å². The van der Waals surface area contributed by atoms with E-state index in [9.17, 15) is 4.79 Å². The van der Waals surface area contributed by atoms with E-state index >= 15 is 0 Å². The molecule has 0 bridgehead atoms. The molecule has 21 heavy (non-hydrogen) atoms. The minimum Gasteiger partial charge on any atom is -0.444 e. The number of hydrogen-bond donors (Lipinski definition) is 2. The SMILES string of the molecule is CC(CC1CCC1)NCC(NC(=O)OC(C)(C)C)C(C)C. The number of amides is 1. The van der Waals surface area contributed by atoms with Crippen LogP contribution in [0.2, 0.25) is 0 Å². The molecule has 0 aromatic carbocycles. The van der Waals surface area contributed by atoms with Crippen LogP contribution in [-0.2, 0) is 4.74 Å². The predicted molar refractivity (Wildman–Crippen MR) is 87.4 cm³/mol. The molecule has 1 saturated carbocycles. The third kappa shape index (κ3) is 7.70. The Hall–Kier alpha value is -0.770. The summed E-state index contributed by atoms with van der Waals surface area (Å²) in [5.74, 6) is 1.28. The molecule has 0 aromatic heterocycles. The van der Waals surface area contributed by atoms with Gasteiger partial charge in [0.05, 0.1) is 0 Å². The largest absolute Gasteiger partial charge is 0.444 e. The second-order valence-corrected chi connectivity index (χ2v) is 7.84. The van der Waals surface area contributed by atoms with Gasteiger partial charge in [0.1, 0.15) is 5.60 Å². The van der Waals surface area contributed by atoms with Gasteiger partial charge in [-0.15, -0.1) is 0 Å². The monoisotopic (exact) mass is 298 g/mol. The quantitative estimate of drug-likeness (QED) is 0.753. The van der Waals surface area contributed by atoms with Crippen molar-refractivity contribution in [1.29, 1.82) is 0 Å². The smallest absolute Gasteiger partial charge is 0.407 e. The van der Waals surface area contributed by atoms with Crippen molar-refractivity contribution < 1.29 is 9.53 Å². The molecule has 0 radical (unpaired) electrons. The molecule has 2 unspecified atom stereocenters. The standard InChI is InChI=1S/C17H34N2O2/c1-12(2)15(19-16(20)21-17(4,5)6)11-18-13(3)10-14-8-7-9-14/h12-15,18H,7-11H2,1-6H3,(H,19,20). The lowest BCUT2D eigenvalue weighted by Crippen LogP contribution is -2.48. The molecule has 0 heterocycles. The lowest BCUT2D eigenvalue weighted by molar-refractivity contribution is 0.0488. The summed E-state index contributed by atoms with van der Waals surface area (Å²) in [6, 6.07) is 0.612. The van der Waals surface area contributed by atoms with Gasteiger partial charge in [0, 0.05) is 18.6 Å². The molecule has 0 spiro atoms. The maximum atomic E-state index is 11.9. The predicted octanol–water partition coefficient (Wildman–Crippen LogP) is 3.70. The maximum absolute atomic E-state index is 11.9. The second kappa shape index (κ2) is 8.02. The molecule has 1 aliphatic rings. The van der Waals surface area contributed by atoms with Gasteiger partial charge in [-0.25, -0.2) is 4.79 Å². The topological polar surface area (TPSA) is 50.4 Å². The molecule has 1 amide bonds. The van der Waals surface area contributed by atoms with E-state index in [1.165, 1.54) is 25.7 Å². The van der Waals surface area contributed by atoms with Crippen molar-refractivity contribution in [3.63, 3.8) is 0 Å². The summed E-state index contributed by atoms with van der Waals surface area (Å²) < 4.78 is 5.34. The lowest BCUT2D eigenvalue weighted by atomic mass is 9.81. The minimum absolute atomic E-state index is 0.101. The Morgan fingerprint density at radius 2 is 1.86 bits per heavy atom. The molecule has 2 atom stereocenters. The third-order valence-corrected chi connectivity index (χ3v) is 4.10. The van der Waals surface area contributed by atoms with Crippen LogP contribution in [0.4, 0.5) is 4.79 Å². The van der Waals surface area contributed by atoms with E-state index in [4.69, 9.17) is 4.74 Å². The first kappa shape index (κ1) is 18.3. The van der Waals surface area contributed by atoms with Gasteiger partial charge in [0.15, 0.2) is 0 Å². The summed E-state index contributed by atoms with van der Waals surface area (Å²) in [4.78, 5) is 11.9. The van der Waals surface area contributed by atoms with Crippen molar-refractivity contribution in [2.45, 2.75) is 84.9 Å². The highest BCUT2D eigenvalue weighted by Crippen LogP contribution is 2.30. The van der Waals surface area contributed by atoms with Crippen molar-refractivity contribution in [3.05, 3.63) is 0 Å². The second-order valence-electron chi connectivity index (χ2n) is 7.84. The van der Waals surface area contributed by atoms with Crippen LogP contribution in [-0.4, -0.2) is 30.3 Å². The summed E-state index contributed by atoms with van der Waals surface area (Å²) in [5, 5.41) is 6.55. The Morgan fingerprint density at radius 3 is 2.29 bits per heavy atom. The molecule has 2 N–H and O–H groups in total. The van der Waals surface area contributed by atoms with Crippen LogP contribution < -0.4 is 10.6 Å². The van der Waals surface area contributed by atoms with E-state index in [1.54, 1.807) is 0 Å². The van der Waals surface area contributed by atoms with Gasteiger partial charge in [-0.2, -0.15) is 0 Å². The molecule has 0 aromatic rings. The molecule has 1 aliphatic carbocycles. The van der Waals surface area contributed by atoms with Crippen molar-refractivity contribution in [3.8, 4) is 0 Å². The zero-order valence-electron chi connectivity index (χ0n) is 14.7. The molecule has 124 valence electrons. The fourth-order valence-electron chi connectivity index (χ4n) is 2.55. The number of carbonyl (C=O) groups excluding carboxylic acids is 1. The minimum atomic E-state index is -0.448. The first-order valence-electron chi connectivity index (χ1n) is 8.40. The third-order valence-electron chi connectivity index (χ3n) is 4.10. The zero-order chi connectivity index (χ0) is 16.0. The van der Waals surface area contributed by atoms with Gasteiger partial charge >= 0.3 is 6.09 Å². The van der Waals surface area contributed by atoms with Crippen LogP contribution in [0.5, 0.6) is 0 Å². The van der Waals surface area contributed by atoms with Crippen molar-refractivity contribution in [2.75, 3.05) is 6.54 Å². The summed E-state index contributed by atoms with van der Waals surface area (Å²) in [6.45, 7) is 12.9. The summed E-state index contributed by atoms with van der Waals surface area (Å²) in [5.41, 5.74) is -0.448. The highest BCUT2D eigenvalue weighted by Gasteiger charge is 2.23. The molecule has 0 aliphatic heterocycles. The number of carbonyl (C=O) groups is 1. The van der Waals surface area contributed by atoms with Gasteiger partial charge < -0.3 is 15.4 Å². The van der Waals surface area contributed by atoms with E-state index in [2.05, 4.69) is 31.4 Å². The van der Waals surface area contributed by atoms with Crippen LogP contribution in [0.15, 0.2) is 0 Å². The fourth-order valence-corrected chi connectivity index (χ4v) is 2.55. The molecular weight excluding hydrogens is 264 g/mol. The molecule has 1 fully saturated rings. The number of rotatable bonds is 7. The van der Waals surface area contributed by atoms with Crippen molar-refractivity contribution in [2.24, 2.45) is 11.8 Å². The van der Waals surface area contributed by atoms with Gasteiger partial charge in [0.2, 0.25) is 0 Å². The van der Waals surface area contributed by atoms with E-state index in [1.807, 2.05) is 20.8 Å². The van der Waals surface area contributed by atoms with Crippen molar-refractivity contribution in [1.82, 2.24) is 10.6 Å². The van der Waals surface area contributed by atoms with Gasteiger partial charge in [-0.1, -0.05) is 33.1 Å². The Balaban J connectivity index is 2.33. The lowest BCUT2D eigenvalue weighted by Gasteiger charge is -2.30. The van der Waals surface area contributed by atoms with Gasteiger partial charge in [0.25, 0.3) is 0 Å². The van der Waals surface area contributed by atoms with Crippen LogP contribution in [0, 0.1) is 11.8 Å². The van der Waals surface area contributed by atoms with E-state index < -0.39 is 5.60 Å². The number of ether oxygens (including phenoxy) is 1. The van der Waals surface area contributed by atoms with E-state index in [0.717, 1.165) is 12.5 Å². The van der Waals surface area contributed by atoms with Crippen molar-refractivity contribution >= 4 is 6.09 Å². The fraction of sp³-hybridized carbons (Fsp3) is 0.941. The molecule has 4 heteroatoms. The molecule has 0 saturated heterocycles.